The topological polar surface area (TPSA) is 175 Å². The van der Waals surface area contributed by atoms with E-state index in [0.717, 1.165) is 10.7 Å². The van der Waals surface area contributed by atoms with Crippen molar-refractivity contribution in [3.63, 3.8) is 0 Å². The molecule has 0 aliphatic heterocycles. The first kappa shape index (κ1) is 39.7. The Kier molecular flexibility index (Phi) is 677. The fourth-order valence-corrected chi connectivity index (χ4v) is 0. The minimum Gasteiger partial charge on any atom is -0.444 e. The Hall–Kier alpha value is -0.592. The molecule has 0 aliphatic rings. The van der Waals surface area contributed by atoms with Crippen molar-refractivity contribution in [2.24, 2.45) is 10.7 Å². The van der Waals surface area contributed by atoms with Crippen molar-refractivity contribution < 1.29 is 21.1 Å². The van der Waals surface area contributed by atoms with Gasteiger partial charge in [0, 0.05) is 0 Å². The second-order valence-electron chi connectivity index (χ2n) is 0.149. The average Bonchev–Trinajstić information content (AvgIpc) is 1.39. The second-order valence-corrected chi connectivity index (χ2v) is 0.149. The molecule has 9 heteroatoms. The Morgan fingerprint density at radius 3 is 0.889 bits per heavy atom. The first-order valence-corrected chi connectivity index (χ1v) is 0.730. The van der Waals surface area contributed by atoms with E-state index in [-0.39, 0.29) is 33.4 Å². The number of nitrogens with zero attached hydrogens (tertiary/aromatic N) is 2. The van der Waals surface area contributed by atoms with E-state index < -0.39 is 0 Å². The molecule has 0 bridgehead atoms. The zero-order chi connectivity index (χ0) is 5.41. The van der Waals surface area contributed by atoms with E-state index >= 15 is 0 Å². The molecule has 60 valence electrons. The van der Waals surface area contributed by atoms with Crippen LogP contribution >= 0.6 is 0 Å². The Bertz CT molecular complexity index is 33.5. The monoisotopic (exact) mass is 321 g/mol. The van der Waals surface area contributed by atoms with Crippen LogP contribution in [-0.2, 0) is 21.1 Å². The van der Waals surface area contributed by atoms with Crippen molar-refractivity contribution in [2.75, 3.05) is 0 Å². The maximum Gasteiger partial charge on any atom is 2.00 e. The summed E-state index contributed by atoms with van der Waals surface area (Å²) >= 11 is 0. The van der Waals surface area contributed by atoms with Gasteiger partial charge in [0.15, 0.2) is 0 Å². The first-order chi connectivity index (χ1) is 2.83. The summed E-state index contributed by atoms with van der Waals surface area (Å²) < 4.78 is 0. The molecular weight excluding hydrogens is 315 g/mol. The molecule has 0 spiro atoms. The molecule has 0 fully saturated rings. The van der Waals surface area contributed by atoms with Gasteiger partial charge in [-0.25, -0.2) is 0 Å². The van der Waals surface area contributed by atoms with E-state index in [1.165, 1.54) is 0 Å². The fraction of sp³-hybridized carbons (Fsp3) is 0. The van der Waals surface area contributed by atoms with E-state index in [2.05, 4.69) is 0 Å². The molecule has 0 aromatic rings. The Balaban J connectivity index is -0.00000000889. The van der Waals surface area contributed by atoms with Gasteiger partial charge in [-0.2, -0.15) is 0 Å². The molecule has 0 aliphatic carbocycles. The van der Waals surface area contributed by atoms with Gasteiger partial charge in [0.25, 0.3) is 0 Å². The third-order valence-electron chi connectivity index (χ3n) is 0. The van der Waals surface area contributed by atoms with Crippen molar-refractivity contribution >= 4 is 0 Å². The van der Waals surface area contributed by atoms with Gasteiger partial charge in [-0.05, 0) is 0 Å². The van der Waals surface area contributed by atoms with E-state index in [1.807, 2.05) is 0 Å². The molecule has 0 radical (unpaired) electrons. The van der Waals surface area contributed by atoms with Crippen LogP contribution in [0.5, 0.6) is 0 Å². The van der Waals surface area contributed by atoms with Crippen LogP contribution in [0.25, 0.3) is 0 Å². The summed E-state index contributed by atoms with van der Waals surface area (Å²) in [5.41, 5.74) is 0. The third kappa shape index (κ3) is 619. The van der Waals surface area contributed by atoms with Crippen LogP contribution in [0.15, 0.2) is 10.7 Å². The molecule has 0 saturated carbocycles. The number of hydrogen-bond donors (Lipinski definition) is 2. The Morgan fingerprint density at radius 1 is 0.889 bits per heavy atom. The van der Waals surface area contributed by atoms with Gasteiger partial charge < -0.3 is 32.5 Å². The van der Waals surface area contributed by atoms with Crippen molar-refractivity contribution in [1.82, 2.24) is 12.3 Å². The van der Waals surface area contributed by atoms with Crippen molar-refractivity contribution in [1.29, 1.82) is 0 Å². The molecule has 0 aromatic carbocycles. The van der Waals surface area contributed by atoms with Crippen LogP contribution in [0.4, 0.5) is 0 Å². The van der Waals surface area contributed by atoms with Crippen molar-refractivity contribution in [2.45, 2.75) is 0 Å². The van der Waals surface area contributed by atoms with Crippen LogP contribution in [0.3, 0.4) is 0 Å². The average molecular weight is 321 g/mol. The molecule has 0 saturated heterocycles. The minimum absolute atomic E-state index is 0. The third-order valence-corrected chi connectivity index (χ3v) is 0. The number of rotatable bonds is 0. The zero-order valence-corrected chi connectivity index (χ0v) is 6.53. The molecule has 0 heterocycles. The zero-order valence-electron chi connectivity index (χ0n) is 4.26. The molecule has 0 rings (SSSR count). The van der Waals surface area contributed by atoms with Gasteiger partial charge in [0.1, 0.15) is 0 Å². The molecule has 0 atom stereocenters. The molecular formula is H6N4O4Pt. The maximum absolute atomic E-state index is 8.00. The van der Waals surface area contributed by atoms with Gasteiger partial charge in [-0.1, -0.05) is 0 Å². The summed E-state index contributed by atoms with van der Waals surface area (Å²) in [6.45, 7) is 0. The second kappa shape index (κ2) is 153. The smallest absolute Gasteiger partial charge is 0.444 e. The molecule has 0 amide bonds. The quantitative estimate of drug-likeness (QED) is 0.493. The van der Waals surface area contributed by atoms with E-state index in [4.69, 9.17) is 20.2 Å². The molecule has 0 aromatic heterocycles. The van der Waals surface area contributed by atoms with Gasteiger partial charge >= 0.3 is 21.1 Å². The van der Waals surface area contributed by atoms with Crippen LogP contribution in [-0.4, -0.2) is 0 Å². The number of hydrogen-bond acceptors (Lipinski definition) is 8. The van der Waals surface area contributed by atoms with Gasteiger partial charge in [-0.15, -0.1) is 10.7 Å². The summed E-state index contributed by atoms with van der Waals surface area (Å²) in [4.78, 5) is 16.0. The normalized spacial score (nSPS) is 2.67. The summed E-state index contributed by atoms with van der Waals surface area (Å²) in [7, 11) is 0. The fourth-order valence-electron chi connectivity index (χ4n) is 0. The van der Waals surface area contributed by atoms with Gasteiger partial charge in [0.2, 0.25) is 0 Å². The van der Waals surface area contributed by atoms with E-state index in [0.29, 0.717) is 0 Å². The largest absolute Gasteiger partial charge is 2.00 e. The first-order valence-electron chi connectivity index (χ1n) is 0.730. The predicted octanol–water partition coefficient (Wildman–Crippen LogP) is 0.823. The molecule has 0 unspecified atom stereocenters. The summed E-state index contributed by atoms with van der Waals surface area (Å²) in [5.74, 6) is 0. The van der Waals surface area contributed by atoms with E-state index in [1.54, 1.807) is 0 Å². The Labute approximate surface area is 64.9 Å². The summed E-state index contributed by atoms with van der Waals surface area (Å²) in [6.07, 6.45) is 0. The van der Waals surface area contributed by atoms with Crippen LogP contribution in [0.1, 0.15) is 0 Å². The standard InChI is InChI=1S/2HNO2.2H3N.Pt/c2*2-1-3;;;/h2*(H,2,3);2*1H3;/q;;;;+2/p-2. The van der Waals surface area contributed by atoms with Crippen LogP contribution in [0, 0.1) is 20.2 Å². The van der Waals surface area contributed by atoms with Crippen molar-refractivity contribution in [3.8, 4) is 0 Å². The van der Waals surface area contributed by atoms with Crippen molar-refractivity contribution in [3.05, 3.63) is 20.2 Å². The molecule has 6 N–H and O–H groups in total. The van der Waals surface area contributed by atoms with Gasteiger partial charge in [0.05, 0.1) is 0 Å². The summed E-state index contributed by atoms with van der Waals surface area (Å²) in [6, 6.07) is 0. The SMILES string of the molecule is N.N.O=N[O-].O=N[O-].[Pt+2]. The Morgan fingerprint density at radius 2 is 0.889 bits per heavy atom. The summed E-state index contributed by atoms with van der Waals surface area (Å²) in [5, 5.41) is 18.0. The van der Waals surface area contributed by atoms with E-state index in [9.17, 15) is 0 Å². The van der Waals surface area contributed by atoms with Gasteiger partial charge in [-0.3, -0.25) is 0 Å². The molecule has 9 heavy (non-hydrogen) atoms. The maximum atomic E-state index is 8.00. The van der Waals surface area contributed by atoms with Crippen LogP contribution in [0.2, 0.25) is 0 Å². The minimum atomic E-state index is 0. The predicted molar refractivity (Wildman–Crippen MR) is 28.4 cm³/mol. The van der Waals surface area contributed by atoms with Crippen LogP contribution < -0.4 is 12.3 Å². The molecule has 8 nitrogen and oxygen atoms in total.